The second kappa shape index (κ2) is 6.82. The van der Waals surface area contributed by atoms with Crippen LogP contribution in [0.4, 0.5) is 23.2 Å². The first-order valence-corrected chi connectivity index (χ1v) is 7.97. The molecule has 3 rings (SSSR count). The number of hydrogen-bond acceptors (Lipinski definition) is 2. The molecular formula is C19H17F4N3. The largest absolute Gasteiger partial charge is 0.434 e. The highest BCUT2D eigenvalue weighted by molar-refractivity contribution is 5.51. The Morgan fingerprint density at radius 3 is 2.42 bits per heavy atom. The lowest BCUT2D eigenvalue weighted by Crippen LogP contribution is -2.05. The van der Waals surface area contributed by atoms with E-state index in [1.54, 1.807) is 6.07 Å². The Morgan fingerprint density at radius 1 is 1.08 bits per heavy atom. The molecule has 136 valence electrons. The summed E-state index contributed by atoms with van der Waals surface area (Å²) in [5.74, 6) is -0.564. The highest BCUT2D eigenvalue weighted by Crippen LogP contribution is 2.30. The van der Waals surface area contributed by atoms with Gasteiger partial charge in [-0.2, -0.15) is 13.2 Å². The van der Waals surface area contributed by atoms with Gasteiger partial charge in [0.15, 0.2) is 5.69 Å². The minimum Gasteiger partial charge on any atom is -0.381 e. The maximum atomic E-state index is 14.5. The molecule has 0 radical (unpaired) electrons. The number of rotatable bonds is 4. The van der Waals surface area contributed by atoms with E-state index in [1.807, 2.05) is 31.2 Å². The van der Waals surface area contributed by atoms with Gasteiger partial charge in [-0.15, -0.1) is 0 Å². The summed E-state index contributed by atoms with van der Waals surface area (Å²) in [6.45, 7) is 3.91. The highest BCUT2D eigenvalue weighted by atomic mass is 19.4. The Hall–Kier alpha value is -2.83. The van der Waals surface area contributed by atoms with Gasteiger partial charge in [-0.25, -0.2) is 9.37 Å². The molecule has 26 heavy (non-hydrogen) atoms. The van der Waals surface area contributed by atoms with Crippen molar-refractivity contribution in [2.45, 2.75) is 26.6 Å². The van der Waals surface area contributed by atoms with Crippen LogP contribution in [0.5, 0.6) is 0 Å². The number of nitrogens with one attached hydrogen (secondary N) is 1. The number of nitrogens with zero attached hydrogens (tertiary/aromatic N) is 2. The van der Waals surface area contributed by atoms with Gasteiger partial charge in [0, 0.05) is 18.4 Å². The van der Waals surface area contributed by atoms with E-state index >= 15 is 0 Å². The van der Waals surface area contributed by atoms with Gasteiger partial charge in [0.05, 0.1) is 5.69 Å². The van der Waals surface area contributed by atoms with E-state index in [4.69, 9.17) is 0 Å². The van der Waals surface area contributed by atoms with Crippen LogP contribution in [-0.4, -0.2) is 9.55 Å². The van der Waals surface area contributed by atoms with E-state index in [1.165, 1.54) is 19.1 Å². The van der Waals surface area contributed by atoms with Crippen molar-refractivity contribution in [1.29, 1.82) is 0 Å². The van der Waals surface area contributed by atoms with Gasteiger partial charge in [0.1, 0.15) is 11.6 Å². The Balaban J connectivity index is 1.82. The normalized spacial score (nSPS) is 11.6. The van der Waals surface area contributed by atoms with Crippen molar-refractivity contribution >= 4 is 5.69 Å². The smallest absolute Gasteiger partial charge is 0.381 e. The van der Waals surface area contributed by atoms with Gasteiger partial charge in [-0.05, 0) is 43.2 Å². The third kappa shape index (κ3) is 3.71. The summed E-state index contributed by atoms with van der Waals surface area (Å²) in [4.78, 5) is 3.46. The first-order chi connectivity index (χ1) is 12.3. The minimum absolute atomic E-state index is 0.0203. The second-order valence-corrected chi connectivity index (χ2v) is 5.99. The molecule has 0 spiro atoms. The minimum atomic E-state index is -4.57. The molecule has 1 heterocycles. The fourth-order valence-electron chi connectivity index (χ4n) is 2.67. The van der Waals surface area contributed by atoms with Gasteiger partial charge in [0.25, 0.3) is 0 Å². The van der Waals surface area contributed by atoms with E-state index < -0.39 is 17.7 Å². The third-order valence-electron chi connectivity index (χ3n) is 4.12. The van der Waals surface area contributed by atoms with Gasteiger partial charge in [-0.3, -0.25) is 0 Å². The quantitative estimate of drug-likeness (QED) is 0.641. The molecule has 7 heteroatoms. The van der Waals surface area contributed by atoms with Crippen molar-refractivity contribution < 1.29 is 17.6 Å². The van der Waals surface area contributed by atoms with Crippen LogP contribution in [0.3, 0.4) is 0 Å². The maximum absolute atomic E-state index is 14.5. The van der Waals surface area contributed by atoms with Gasteiger partial charge >= 0.3 is 6.18 Å². The molecule has 0 aliphatic rings. The molecule has 0 atom stereocenters. The van der Waals surface area contributed by atoms with Crippen LogP contribution in [0.25, 0.3) is 5.69 Å². The number of hydrogen-bond donors (Lipinski definition) is 1. The average molecular weight is 363 g/mol. The van der Waals surface area contributed by atoms with Crippen LogP contribution in [0.1, 0.15) is 22.6 Å². The zero-order valence-electron chi connectivity index (χ0n) is 14.2. The second-order valence-electron chi connectivity index (χ2n) is 5.99. The molecule has 0 aliphatic carbocycles. The molecule has 0 unspecified atom stereocenters. The lowest BCUT2D eigenvalue weighted by atomic mass is 10.1. The third-order valence-corrected chi connectivity index (χ3v) is 4.12. The molecule has 1 aromatic heterocycles. The van der Waals surface area contributed by atoms with E-state index in [0.29, 0.717) is 12.2 Å². The van der Waals surface area contributed by atoms with Crippen LogP contribution in [0.15, 0.2) is 48.7 Å². The molecule has 0 amide bonds. The molecule has 0 fully saturated rings. The van der Waals surface area contributed by atoms with E-state index in [-0.39, 0.29) is 11.5 Å². The fraction of sp³-hybridized carbons (Fsp3) is 0.211. The molecule has 0 bridgehead atoms. The Labute approximate surface area is 148 Å². The monoisotopic (exact) mass is 363 g/mol. The number of aryl methyl sites for hydroxylation is 2. The molecule has 3 nitrogen and oxygen atoms in total. The van der Waals surface area contributed by atoms with Crippen molar-refractivity contribution in [3.05, 3.63) is 77.1 Å². The summed E-state index contributed by atoms with van der Waals surface area (Å²) < 4.78 is 53.9. The zero-order chi connectivity index (χ0) is 18.9. The number of benzene rings is 2. The van der Waals surface area contributed by atoms with Crippen molar-refractivity contribution in [3.8, 4) is 5.69 Å². The molecule has 0 aliphatic heterocycles. The van der Waals surface area contributed by atoms with Crippen molar-refractivity contribution in [1.82, 2.24) is 9.55 Å². The number of aromatic nitrogens is 2. The Morgan fingerprint density at radius 2 is 1.81 bits per heavy atom. The first kappa shape index (κ1) is 18.0. The molecule has 0 saturated carbocycles. The standard InChI is InChI=1S/C19H17F4N3/c1-12-5-3-4-6-14(12)10-24-15-7-8-17(16(20)9-15)26-11-18(19(21,22)23)25-13(26)2/h3-9,11,24H,10H2,1-2H3. The van der Waals surface area contributed by atoms with Crippen molar-refractivity contribution in [2.24, 2.45) is 0 Å². The van der Waals surface area contributed by atoms with Crippen LogP contribution in [0, 0.1) is 19.7 Å². The summed E-state index contributed by atoms with van der Waals surface area (Å²) in [6.07, 6.45) is -3.77. The molecule has 1 N–H and O–H groups in total. The van der Waals surface area contributed by atoms with E-state index in [9.17, 15) is 17.6 Å². The summed E-state index contributed by atoms with van der Waals surface area (Å²) in [5.41, 5.74) is 1.72. The lowest BCUT2D eigenvalue weighted by molar-refractivity contribution is -0.141. The first-order valence-electron chi connectivity index (χ1n) is 7.97. The number of imidazole rings is 1. The molecule has 2 aromatic carbocycles. The number of halogens is 4. The van der Waals surface area contributed by atoms with Gasteiger partial charge < -0.3 is 9.88 Å². The predicted octanol–water partition coefficient (Wildman–Crippen LogP) is 5.26. The van der Waals surface area contributed by atoms with Crippen molar-refractivity contribution in [2.75, 3.05) is 5.32 Å². The summed E-state index contributed by atoms with van der Waals surface area (Å²) in [6, 6.07) is 12.2. The van der Waals surface area contributed by atoms with Crippen LogP contribution < -0.4 is 5.32 Å². The number of anilines is 1. The summed E-state index contributed by atoms with van der Waals surface area (Å²) >= 11 is 0. The van der Waals surface area contributed by atoms with Gasteiger partial charge in [-0.1, -0.05) is 24.3 Å². The van der Waals surface area contributed by atoms with Crippen LogP contribution >= 0.6 is 0 Å². The van der Waals surface area contributed by atoms with Crippen LogP contribution in [0.2, 0.25) is 0 Å². The Bertz CT molecular complexity index is 929. The highest BCUT2D eigenvalue weighted by Gasteiger charge is 2.34. The van der Waals surface area contributed by atoms with E-state index in [0.717, 1.165) is 21.9 Å². The lowest BCUT2D eigenvalue weighted by Gasteiger charge is -2.11. The van der Waals surface area contributed by atoms with E-state index in [2.05, 4.69) is 10.3 Å². The maximum Gasteiger partial charge on any atom is 0.434 e. The SMILES string of the molecule is Cc1ccccc1CNc1ccc(-n2cc(C(F)(F)F)nc2C)c(F)c1. The topological polar surface area (TPSA) is 29.9 Å². The number of alkyl halides is 3. The average Bonchev–Trinajstić information content (AvgIpc) is 2.96. The van der Waals surface area contributed by atoms with Gasteiger partial charge in [0.2, 0.25) is 0 Å². The molecule has 0 saturated heterocycles. The zero-order valence-corrected chi connectivity index (χ0v) is 14.2. The molecular weight excluding hydrogens is 346 g/mol. The fourth-order valence-corrected chi connectivity index (χ4v) is 2.67. The molecule has 3 aromatic rings. The summed E-state index contributed by atoms with van der Waals surface area (Å²) in [5, 5.41) is 3.12. The predicted molar refractivity (Wildman–Crippen MR) is 91.8 cm³/mol. The Kier molecular flexibility index (Phi) is 4.71. The van der Waals surface area contributed by atoms with Crippen molar-refractivity contribution in [3.63, 3.8) is 0 Å². The van der Waals surface area contributed by atoms with Crippen LogP contribution in [-0.2, 0) is 12.7 Å². The summed E-state index contributed by atoms with van der Waals surface area (Å²) in [7, 11) is 0.